The number of fused-ring (bicyclic) bond motifs is 1. The molecule has 2 rings (SSSR count). The van der Waals surface area contributed by atoms with E-state index in [0.717, 1.165) is 11.1 Å². The summed E-state index contributed by atoms with van der Waals surface area (Å²) in [5, 5.41) is 11.2. The summed E-state index contributed by atoms with van der Waals surface area (Å²) in [7, 11) is 0. The maximum Gasteiger partial charge on any atom is 0.326 e. The van der Waals surface area contributed by atoms with Gasteiger partial charge in [-0.2, -0.15) is 0 Å². The minimum Gasteiger partial charge on any atom is -0.480 e. The molecule has 0 aliphatic carbocycles. The summed E-state index contributed by atoms with van der Waals surface area (Å²) in [4.78, 5) is 33.7. The van der Waals surface area contributed by atoms with E-state index in [0.29, 0.717) is 18.8 Å². The maximum absolute atomic E-state index is 12.0. The summed E-state index contributed by atoms with van der Waals surface area (Å²) >= 11 is 0. The Labute approximate surface area is 114 Å². The quantitative estimate of drug-likeness (QED) is 0.687. The molecular formula is C13H14N2O5. The molecule has 7 heteroatoms. The molecule has 1 heterocycles. The number of aliphatic carboxylic acids is 1. The van der Waals surface area contributed by atoms with Gasteiger partial charge >= 0.3 is 5.97 Å². The first-order chi connectivity index (χ1) is 9.47. The van der Waals surface area contributed by atoms with Gasteiger partial charge in [0.25, 0.3) is 5.91 Å². The smallest absolute Gasteiger partial charge is 0.326 e. The number of primary amides is 1. The molecule has 0 bridgehead atoms. The second-order valence-electron chi connectivity index (χ2n) is 4.51. The van der Waals surface area contributed by atoms with Crippen LogP contribution in [0, 0.1) is 0 Å². The fraction of sp³-hybridized carbons (Fsp3) is 0.308. The van der Waals surface area contributed by atoms with Crippen LogP contribution in [0.5, 0.6) is 0 Å². The molecule has 106 valence electrons. The topological polar surface area (TPSA) is 119 Å². The first-order valence-corrected chi connectivity index (χ1v) is 5.99. The van der Waals surface area contributed by atoms with Gasteiger partial charge in [-0.15, -0.1) is 0 Å². The minimum absolute atomic E-state index is 0.324. The zero-order chi connectivity index (χ0) is 14.7. The van der Waals surface area contributed by atoms with Crippen molar-refractivity contribution in [3.8, 4) is 0 Å². The number of amides is 2. The Kier molecular flexibility index (Phi) is 3.99. The van der Waals surface area contributed by atoms with Gasteiger partial charge in [0, 0.05) is 5.56 Å². The molecule has 1 atom stereocenters. The minimum atomic E-state index is -1.33. The van der Waals surface area contributed by atoms with Crippen molar-refractivity contribution in [1.82, 2.24) is 5.32 Å². The Hall–Kier alpha value is -2.41. The fourth-order valence-corrected chi connectivity index (χ4v) is 1.96. The third-order valence-corrected chi connectivity index (χ3v) is 2.99. The van der Waals surface area contributed by atoms with Gasteiger partial charge in [0.2, 0.25) is 5.91 Å². The number of hydrogen-bond donors (Lipinski definition) is 3. The normalized spacial score (nSPS) is 14.4. The van der Waals surface area contributed by atoms with E-state index in [1.165, 1.54) is 0 Å². The highest BCUT2D eigenvalue weighted by Gasteiger charge is 2.23. The number of carboxylic acids is 1. The summed E-state index contributed by atoms with van der Waals surface area (Å²) in [5.41, 5.74) is 7.18. The Bertz CT molecular complexity index is 570. The van der Waals surface area contributed by atoms with Crippen molar-refractivity contribution < 1.29 is 24.2 Å². The summed E-state index contributed by atoms with van der Waals surface area (Å²) in [6, 6.07) is 3.68. The van der Waals surface area contributed by atoms with Gasteiger partial charge in [-0.3, -0.25) is 9.59 Å². The number of nitrogens with one attached hydrogen (secondary N) is 1. The van der Waals surface area contributed by atoms with Crippen molar-refractivity contribution in [2.75, 3.05) is 0 Å². The first kappa shape index (κ1) is 14.0. The lowest BCUT2D eigenvalue weighted by Crippen LogP contribution is -2.43. The number of carboxylic acid groups (broad SMARTS) is 1. The van der Waals surface area contributed by atoms with E-state index in [1.54, 1.807) is 18.2 Å². The largest absolute Gasteiger partial charge is 0.480 e. The van der Waals surface area contributed by atoms with Crippen LogP contribution in [0.3, 0.4) is 0 Å². The van der Waals surface area contributed by atoms with Crippen LogP contribution in [0.1, 0.15) is 27.9 Å². The van der Waals surface area contributed by atoms with E-state index in [-0.39, 0.29) is 0 Å². The molecule has 1 aromatic rings. The maximum atomic E-state index is 12.0. The number of benzene rings is 1. The van der Waals surface area contributed by atoms with Crippen LogP contribution in [0.25, 0.3) is 0 Å². The number of carbonyl (C=O) groups excluding carboxylic acids is 2. The number of carbonyl (C=O) groups is 3. The third kappa shape index (κ3) is 3.12. The highest BCUT2D eigenvalue weighted by Crippen LogP contribution is 2.20. The number of hydrogen-bond acceptors (Lipinski definition) is 4. The second-order valence-corrected chi connectivity index (χ2v) is 4.51. The predicted octanol–water partition coefficient (Wildman–Crippen LogP) is -0.225. The lowest BCUT2D eigenvalue weighted by Gasteiger charge is -2.13. The number of ether oxygens (including phenoxy) is 1. The van der Waals surface area contributed by atoms with Crippen LogP contribution in [-0.2, 0) is 27.5 Å². The van der Waals surface area contributed by atoms with Crippen molar-refractivity contribution in [3.63, 3.8) is 0 Å². The Morgan fingerprint density at radius 1 is 1.30 bits per heavy atom. The molecule has 1 aromatic carbocycles. The van der Waals surface area contributed by atoms with Crippen molar-refractivity contribution in [2.45, 2.75) is 25.7 Å². The highest BCUT2D eigenvalue weighted by atomic mass is 16.5. The lowest BCUT2D eigenvalue weighted by atomic mass is 10.1. The highest BCUT2D eigenvalue weighted by molar-refractivity contribution is 5.97. The van der Waals surface area contributed by atoms with Crippen LogP contribution in [0.15, 0.2) is 18.2 Å². The van der Waals surface area contributed by atoms with Crippen LogP contribution < -0.4 is 11.1 Å². The van der Waals surface area contributed by atoms with Gasteiger partial charge in [-0.1, -0.05) is 6.07 Å². The average molecular weight is 278 g/mol. The Balaban J connectivity index is 2.10. The van der Waals surface area contributed by atoms with Crippen LogP contribution in [-0.4, -0.2) is 28.9 Å². The molecular weight excluding hydrogens is 264 g/mol. The molecule has 0 saturated carbocycles. The van der Waals surface area contributed by atoms with Gasteiger partial charge in [0.1, 0.15) is 6.04 Å². The van der Waals surface area contributed by atoms with Gasteiger partial charge in [-0.25, -0.2) is 4.79 Å². The Morgan fingerprint density at radius 2 is 2.00 bits per heavy atom. The monoisotopic (exact) mass is 278 g/mol. The third-order valence-electron chi connectivity index (χ3n) is 2.99. The van der Waals surface area contributed by atoms with E-state index in [4.69, 9.17) is 15.6 Å². The van der Waals surface area contributed by atoms with E-state index in [9.17, 15) is 14.4 Å². The summed E-state index contributed by atoms with van der Waals surface area (Å²) < 4.78 is 5.23. The van der Waals surface area contributed by atoms with E-state index in [1.807, 2.05) is 0 Å². The van der Waals surface area contributed by atoms with Crippen LogP contribution in [0.4, 0.5) is 0 Å². The molecule has 1 aliphatic heterocycles. The molecule has 7 nitrogen and oxygen atoms in total. The van der Waals surface area contributed by atoms with Gasteiger partial charge < -0.3 is 20.9 Å². The van der Waals surface area contributed by atoms with E-state index >= 15 is 0 Å². The van der Waals surface area contributed by atoms with Gasteiger partial charge in [0.05, 0.1) is 19.6 Å². The van der Waals surface area contributed by atoms with E-state index in [2.05, 4.69) is 5.32 Å². The molecule has 0 saturated heterocycles. The predicted molar refractivity (Wildman–Crippen MR) is 67.6 cm³/mol. The van der Waals surface area contributed by atoms with Crippen molar-refractivity contribution >= 4 is 17.8 Å². The molecule has 0 unspecified atom stereocenters. The van der Waals surface area contributed by atoms with Crippen molar-refractivity contribution in [1.29, 1.82) is 0 Å². The van der Waals surface area contributed by atoms with Crippen LogP contribution in [0.2, 0.25) is 0 Å². The molecule has 4 N–H and O–H groups in total. The van der Waals surface area contributed by atoms with E-state index < -0.39 is 30.2 Å². The molecule has 0 aromatic heterocycles. The van der Waals surface area contributed by atoms with Crippen LogP contribution >= 0.6 is 0 Å². The van der Waals surface area contributed by atoms with Crippen molar-refractivity contribution in [3.05, 3.63) is 34.9 Å². The average Bonchev–Trinajstić information content (AvgIpc) is 2.84. The Morgan fingerprint density at radius 3 is 2.65 bits per heavy atom. The first-order valence-electron chi connectivity index (χ1n) is 5.99. The zero-order valence-corrected chi connectivity index (χ0v) is 10.6. The molecule has 20 heavy (non-hydrogen) atoms. The molecule has 0 fully saturated rings. The number of nitrogens with two attached hydrogens (primary N) is 1. The molecule has 2 amide bonds. The molecule has 0 radical (unpaired) electrons. The SMILES string of the molecule is NC(=O)C[C@@H](NC(=O)c1ccc2c(c1)COC2)C(=O)O. The number of rotatable bonds is 5. The fourth-order valence-electron chi connectivity index (χ4n) is 1.96. The zero-order valence-electron chi connectivity index (χ0n) is 10.6. The van der Waals surface area contributed by atoms with Crippen molar-refractivity contribution in [2.24, 2.45) is 5.73 Å². The summed E-state index contributed by atoms with van der Waals surface area (Å²) in [6.07, 6.45) is -0.449. The standard InChI is InChI=1S/C13H14N2O5/c14-11(16)4-10(13(18)19)15-12(17)7-1-2-8-5-20-6-9(8)3-7/h1-3,10H,4-6H2,(H2,14,16)(H,15,17)(H,18,19)/t10-/m1/s1. The lowest BCUT2D eigenvalue weighted by molar-refractivity contribution is -0.140. The second kappa shape index (κ2) is 5.70. The molecule has 1 aliphatic rings. The van der Waals surface area contributed by atoms with Gasteiger partial charge in [-0.05, 0) is 23.3 Å². The van der Waals surface area contributed by atoms with Gasteiger partial charge in [0.15, 0.2) is 0 Å². The summed E-state index contributed by atoms with van der Waals surface area (Å²) in [5.74, 6) is -2.66. The molecule has 0 spiro atoms. The summed E-state index contributed by atoms with van der Waals surface area (Å²) in [6.45, 7) is 0.941.